The second-order valence-corrected chi connectivity index (χ2v) is 5.06. The van der Waals surface area contributed by atoms with Crippen molar-refractivity contribution in [2.45, 2.75) is 6.54 Å². The summed E-state index contributed by atoms with van der Waals surface area (Å²) in [4.78, 5) is 17.7. The van der Waals surface area contributed by atoms with Gasteiger partial charge in [-0.2, -0.15) is 0 Å². The number of furan rings is 1. The molecule has 0 aliphatic heterocycles. The smallest absolute Gasteiger partial charge is 0.257 e. The second kappa shape index (κ2) is 5.54. The lowest BCUT2D eigenvalue weighted by atomic mass is 10.2. The van der Waals surface area contributed by atoms with E-state index in [-0.39, 0.29) is 11.1 Å². The minimum atomic E-state index is -0.185. The first-order valence-electron chi connectivity index (χ1n) is 5.15. The zero-order valence-electron chi connectivity index (χ0n) is 9.56. The largest absolute Gasteiger partial charge is 0.472 e. The molecule has 0 bridgehead atoms. The van der Waals surface area contributed by atoms with Gasteiger partial charge in [-0.05, 0) is 28.1 Å². The molecule has 0 saturated carbocycles. The van der Waals surface area contributed by atoms with Gasteiger partial charge in [0.2, 0.25) is 0 Å². The molecule has 2 aromatic rings. The Morgan fingerprint density at radius 3 is 3.06 bits per heavy atom. The van der Waals surface area contributed by atoms with Crippen molar-refractivity contribution in [2.24, 2.45) is 0 Å². The van der Waals surface area contributed by atoms with Crippen LogP contribution in [0.3, 0.4) is 0 Å². The molecule has 18 heavy (non-hydrogen) atoms. The van der Waals surface area contributed by atoms with Gasteiger partial charge in [0.05, 0.1) is 18.1 Å². The molecule has 0 radical (unpaired) electrons. The lowest BCUT2D eigenvalue weighted by Gasteiger charge is -2.16. The number of carbonyl (C=O) groups is 1. The topological polar surface area (TPSA) is 46.3 Å². The Morgan fingerprint density at radius 1 is 1.61 bits per heavy atom. The molecule has 0 aliphatic carbocycles. The highest BCUT2D eigenvalue weighted by molar-refractivity contribution is 9.10. The van der Waals surface area contributed by atoms with Crippen LogP contribution in [0.2, 0.25) is 5.15 Å². The fourth-order valence-electron chi connectivity index (χ4n) is 1.51. The normalized spacial score (nSPS) is 10.4. The van der Waals surface area contributed by atoms with Crippen LogP contribution >= 0.6 is 27.5 Å². The molecule has 2 rings (SSSR count). The highest BCUT2D eigenvalue weighted by atomic mass is 79.9. The molecule has 0 N–H and O–H groups in total. The Balaban J connectivity index is 2.17. The molecule has 0 spiro atoms. The minimum absolute atomic E-state index is 0.185. The molecule has 6 heteroatoms. The molecule has 0 fully saturated rings. The molecule has 1 amide bonds. The van der Waals surface area contributed by atoms with E-state index in [9.17, 15) is 4.79 Å². The van der Waals surface area contributed by atoms with Crippen LogP contribution in [-0.2, 0) is 6.54 Å². The second-order valence-electron chi connectivity index (χ2n) is 3.78. The molecule has 0 atom stereocenters. The van der Waals surface area contributed by atoms with Crippen LogP contribution in [0.25, 0.3) is 0 Å². The summed E-state index contributed by atoms with van der Waals surface area (Å²) in [6.45, 7) is 0.457. The first kappa shape index (κ1) is 13.1. The third-order valence-electron chi connectivity index (χ3n) is 2.38. The standard InChI is InChI=1S/C12H10BrClN2O2/c1-16(6-8-2-3-18-7-8)12(17)10-4-9(13)5-15-11(10)14/h2-5,7H,6H2,1H3. The number of halogens is 2. The van der Waals surface area contributed by atoms with Gasteiger partial charge in [0.15, 0.2) is 0 Å². The lowest BCUT2D eigenvalue weighted by Crippen LogP contribution is -2.26. The first-order chi connectivity index (χ1) is 8.58. The molecule has 0 unspecified atom stereocenters. The Hall–Kier alpha value is -1.33. The third-order valence-corrected chi connectivity index (χ3v) is 3.12. The first-order valence-corrected chi connectivity index (χ1v) is 6.32. The Kier molecular flexibility index (Phi) is 4.04. The summed E-state index contributed by atoms with van der Waals surface area (Å²) in [6.07, 6.45) is 4.72. The quantitative estimate of drug-likeness (QED) is 0.811. The average molecular weight is 330 g/mol. The van der Waals surface area contributed by atoms with Crippen molar-refractivity contribution in [3.63, 3.8) is 0 Å². The number of nitrogens with zero attached hydrogens (tertiary/aromatic N) is 2. The van der Waals surface area contributed by atoms with Crippen molar-refractivity contribution in [3.8, 4) is 0 Å². The van der Waals surface area contributed by atoms with Gasteiger partial charge < -0.3 is 9.32 Å². The lowest BCUT2D eigenvalue weighted by molar-refractivity contribution is 0.0784. The van der Waals surface area contributed by atoms with E-state index in [2.05, 4.69) is 20.9 Å². The van der Waals surface area contributed by atoms with E-state index in [1.165, 1.54) is 0 Å². The summed E-state index contributed by atoms with van der Waals surface area (Å²) in [5.74, 6) is -0.185. The highest BCUT2D eigenvalue weighted by Crippen LogP contribution is 2.20. The van der Waals surface area contributed by atoms with E-state index in [1.807, 2.05) is 6.07 Å². The number of amides is 1. The molecular weight excluding hydrogens is 320 g/mol. The van der Waals surface area contributed by atoms with Crippen LogP contribution < -0.4 is 0 Å². The van der Waals surface area contributed by atoms with Crippen LogP contribution in [0, 0.1) is 0 Å². The molecule has 2 heterocycles. The maximum Gasteiger partial charge on any atom is 0.257 e. The summed E-state index contributed by atoms with van der Waals surface area (Å²) in [5.41, 5.74) is 1.29. The van der Waals surface area contributed by atoms with E-state index in [0.29, 0.717) is 16.6 Å². The van der Waals surface area contributed by atoms with Crippen LogP contribution in [-0.4, -0.2) is 22.8 Å². The highest BCUT2D eigenvalue weighted by Gasteiger charge is 2.17. The van der Waals surface area contributed by atoms with Gasteiger partial charge in [-0.25, -0.2) is 4.98 Å². The maximum absolute atomic E-state index is 12.2. The van der Waals surface area contributed by atoms with Crippen molar-refractivity contribution in [1.29, 1.82) is 0 Å². The molecule has 0 saturated heterocycles. The number of aromatic nitrogens is 1. The van der Waals surface area contributed by atoms with E-state index >= 15 is 0 Å². The zero-order valence-corrected chi connectivity index (χ0v) is 11.9. The molecule has 0 aromatic carbocycles. The van der Waals surface area contributed by atoms with E-state index < -0.39 is 0 Å². The van der Waals surface area contributed by atoms with Crippen molar-refractivity contribution < 1.29 is 9.21 Å². The maximum atomic E-state index is 12.2. The summed E-state index contributed by atoms with van der Waals surface area (Å²) < 4.78 is 5.67. The fraction of sp³-hybridized carbons (Fsp3) is 0.167. The molecule has 0 aliphatic rings. The van der Waals surface area contributed by atoms with Crippen molar-refractivity contribution >= 4 is 33.4 Å². The van der Waals surface area contributed by atoms with Gasteiger partial charge in [-0.3, -0.25) is 4.79 Å². The van der Waals surface area contributed by atoms with Crippen molar-refractivity contribution in [3.05, 3.63) is 51.6 Å². The number of hydrogen-bond acceptors (Lipinski definition) is 3. The molecule has 2 aromatic heterocycles. The Labute approximate surface area is 118 Å². The fourth-order valence-corrected chi connectivity index (χ4v) is 2.02. The van der Waals surface area contributed by atoms with Crippen molar-refractivity contribution in [2.75, 3.05) is 7.05 Å². The van der Waals surface area contributed by atoms with Crippen LogP contribution in [0.4, 0.5) is 0 Å². The van der Waals surface area contributed by atoms with Gasteiger partial charge in [0.25, 0.3) is 5.91 Å². The summed E-state index contributed by atoms with van der Waals surface area (Å²) >= 11 is 9.19. The van der Waals surface area contributed by atoms with Gasteiger partial charge in [-0.1, -0.05) is 11.6 Å². The van der Waals surface area contributed by atoms with Gasteiger partial charge in [0.1, 0.15) is 5.15 Å². The van der Waals surface area contributed by atoms with Crippen LogP contribution in [0.5, 0.6) is 0 Å². The Morgan fingerprint density at radius 2 is 2.39 bits per heavy atom. The number of hydrogen-bond donors (Lipinski definition) is 0. The number of carbonyl (C=O) groups excluding carboxylic acids is 1. The van der Waals surface area contributed by atoms with E-state index in [0.717, 1.165) is 5.56 Å². The molecule has 94 valence electrons. The molecular formula is C12H10BrClN2O2. The van der Waals surface area contributed by atoms with Crippen molar-refractivity contribution in [1.82, 2.24) is 9.88 Å². The van der Waals surface area contributed by atoms with Gasteiger partial charge in [0, 0.05) is 29.8 Å². The van der Waals surface area contributed by atoms with Gasteiger partial charge in [-0.15, -0.1) is 0 Å². The third kappa shape index (κ3) is 2.91. The van der Waals surface area contributed by atoms with Gasteiger partial charge >= 0.3 is 0 Å². The van der Waals surface area contributed by atoms with Crippen LogP contribution in [0.1, 0.15) is 15.9 Å². The monoisotopic (exact) mass is 328 g/mol. The predicted molar refractivity (Wildman–Crippen MR) is 71.5 cm³/mol. The summed E-state index contributed by atoms with van der Waals surface area (Å²) in [6, 6.07) is 3.47. The summed E-state index contributed by atoms with van der Waals surface area (Å²) in [7, 11) is 1.70. The Bertz CT molecular complexity index is 557. The SMILES string of the molecule is CN(Cc1ccoc1)C(=O)c1cc(Br)cnc1Cl. The average Bonchev–Trinajstić information content (AvgIpc) is 2.84. The van der Waals surface area contributed by atoms with E-state index in [1.54, 1.807) is 36.7 Å². The minimum Gasteiger partial charge on any atom is -0.472 e. The molecule has 4 nitrogen and oxygen atoms in total. The number of rotatable bonds is 3. The van der Waals surface area contributed by atoms with E-state index in [4.69, 9.17) is 16.0 Å². The van der Waals surface area contributed by atoms with Crippen LogP contribution in [0.15, 0.2) is 39.7 Å². The predicted octanol–water partition coefficient (Wildman–Crippen LogP) is 3.36. The zero-order chi connectivity index (χ0) is 13.1. The summed E-state index contributed by atoms with van der Waals surface area (Å²) in [5, 5.41) is 0.197. The number of pyridine rings is 1.